The molecular weight excluding hydrogens is 428 g/mol. The molecule has 1 saturated heterocycles. The number of carbonyl (C=O) groups is 2. The summed E-state index contributed by atoms with van der Waals surface area (Å²) in [6.45, 7) is 6.85. The van der Waals surface area contributed by atoms with Gasteiger partial charge >= 0.3 is 6.09 Å². The Kier molecular flexibility index (Phi) is 8.06. The van der Waals surface area contributed by atoms with Gasteiger partial charge in [-0.1, -0.05) is 18.7 Å². The summed E-state index contributed by atoms with van der Waals surface area (Å²) in [5.41, 5.74) is 0.772. The Morgan fingerprint density at radius 3 is 2.60 bits per heavy atom. The number of aromatic nitrogens is 2. The van der Waals surface area contributed by atoms with E-state index >= 15 is 0 Å². The lowest BCUT2D eigenvalue weighted by molar-refractivity contribution is -0.129. The SMILES string of the molecule is CCOC(=O)N1CCN(C(=O)CSc2nc3c(c(=O)n2CCOC)SC(C)C3)CC1. The predicted molar refractivity (Wildman–Crippen MR) is 115 cm³/mol. The highest BCUT2D eigenvalue weighted by molar-refractivity contribution is 8.00. The molecule has 0 N–H and O–H groups in total. The molecule has 2 aliphatic rings. The van der Waals surface area contributed by atoms with Gasteiger partial charge in [0.1, 0.15) is 0 Å². The zero-order valence-electron chi connectivity index (χ0n) is 17.6. The lowest BCUT2D eigenvalue weighted by Gasteiger charge is -2.34. The summed E-state index contributed by atoms with van der Waals surface area (Å²) in [4.78, 5) is 46.2. The normalized spacial score (nSPS) is 18.4. The zero-order chi connectivity index (χ0) is 21.7. The summed E-state index contributed by atoms with van der Waals surface area (Å²) in [6.07, 6.45) is 0.424. The van der Waals surface area contributed by atoms with Crippen LogP contribution >= 0.6 is 23.5 Å². The van der Waals surface area contributed by atoms with Gasteiger partial charge in [-0.2, -0.15) is 0 Å². The van der Waals surface area contributed by atoms with E-state index in [4.69, 9.17) is 14.5 Å². The zero-order valence-corrected chi connectivity index (χ0v) is 19.2. The second kappa shape index (κ2) is 10.5. The smallest absolute Gasteiger partial charge is 0.409 e. The van der Waals surface area contributed by atoms with Crippen molar-refractivity contribution in [2.45, 2.75) is 42.1 Å². The van der Waals surface area contributed by atoms with Crippen LogP contribution in [0.3, 0.4) is 0 Å². The number of hydrogen-bond acceptors (Lipinski definition) is 8. The molecule has 1 fully saturated rings. The molecule has 3 rings (SSSR count). The lowest BCUT2D eigenvalue weighted by atomic mass is 10.2. The quantitative estimate of drug-likeness (QED) is 0.448. The van der Waals surface area contributed by atoms with Crippen molar-refractivity contribution < 1.29 is 19.1 Å². The van der Waals surface area contributed by atoms with Crippen LogP contribution in [0.25, 0.3) is 0 Å². The van der Waals surface area contributed by atoms with Crippen LogP contribution < -0.4 is 5.56 Å². The van der Waals surface area contributed by atoms with Gasteiger partial charge < -0.3 is 19.3 Å². The molecule has 1 aromatic rings. The molecule has 0 spiro atoms. The first-order valence-electron chi connectivity index (χ1n) is 10.1. The molecule has 0 radical (unpaired) electrons. The minimum absolute atomic E-state index is 0.0284. The summed E-state index contributed by atoms with van der Waals surface area (Å²) in [5.74, 6) is 0.166. The molecular formula is C19H28N4O5S2. The third kappa shape index (κ3) is 5.30. The van der Waals surface area contributed by atoms with Crippen LogP contribution in [0.5, 0.6) is 0 Å². The molecule has 1 atom stereocenters. The number of methoxy groups -OCH3 is 1. The van der Waals surface area contributed by atoms with Crippen molar-refractivity contribution in [2.75, 3.05) is 52.3 Å². The summed E-state index contributed by atoms with van der Waals surface area (Å²) in [5, 5.41) is 0.887. The number of carbonyl (C=O) groups excluding carboxylic acids is 2. The second-order valence-corrected chi connectivity index (χ2v) is 9.50. The van der Waals surface area contributed by atoms with Crippen molar-refractivity contribution in [3.05, 3.63) is 16.0 Å². The number of thioether (sulfide) groups is 2. The molecule has 0 aliphatic carbocycles. The first-order chi connectivity index (χ1) is 14.4. The van der Waals surface area contributed by atoms with E-state index in [1.165, 1.54) is 11.8 Å². The monoisotopic (exact) mass is 456 g/mol. The summed E-state index contributed by atoms with van der Waals surface area (Å²) in [7, 11) is 1.59. The molecule has 2 amide bonds. The van der Waals surface area contributed by atoms with Crippen molar-refractivity contribution in [1.82, 2.24) is 19.4 Å². The number of rotatable bonds is 7. The number of ether oxygens (including phenoxy) is 2. The highest BCUT2D eigenvalue weighted by Crippen LogP contribution is 2.34. The van der Waals surface area contributed by atoms with Gasteiger partial charge in [-0.3, -0.25) is 14.2 Å². The summed E-state index contributed by atoms with van der Waals surface area (Å²) < 4.78 is 11.8. The van der Waals surface area contributed by atoms with Gasteiger partial charge in [0.05, 0.1) is 36.1 Å². The lowest BCUT2D eigenvalue weighted by Crippen LogP contribution is -2.51. The van der Waals surface area contributed by atoms with Crippen molar-refractivity contribution in [1.29, 1.82) is 0 Å². The molecule has 0 bridgehead atoms. The second-order valence-electron chi connectivity index (χ2n) is 7.11. The minimum Gasteiger partial charge on any atom is -0.450 e. The highest BCUT2D eigenvalue weighted by atomic mass is 32.2. The largest absolute Gasteiger partial charge is 0.450 e. The van der Waals surface area contributed by atoms with E-state index in [-0.39, 0.29) is 23.3 Å². The molecule has 0 aromatic carbocycles. The molecule has 3 heterocycles. The first kappa shape index (κ1) is 23.0. The van der Waals surface area contributed by atoms with Gasteiger partial charge in [-0.05, 0) is 6.92 Å². The molecule has 30 heavy (non-hydrogen) atoms. The fourth-order valence-electron chi connectivity index (χ4n) is 3.39. The first-order valence-corrected chi connectivity index (χ1v) is 11.9. The van der Waals surface area contributed by atoms with Crippen molar-refractivity contribution in [3.8, 4) is 0 Å². The van der Waals surface area contributed by atoms with Crippen LogP contribution in [0.2, 0.25) is 0 Å². The number of fused-ring (bicyclic) bond motifs is 1. The van der Waals surface area contributed by atoms with E-state index < -0.39 is 0 Å². The standard InChI is InChI=1S/C19H28N4O5S2/c1-4-28-19(26)22-7-5-21(6-8-22)15(24)12-29-18-20-14-11-13(2)30-16(14)17(25)23(18)9-10-27-3/h13H,4-12H2,1-3H3. The predicted octanol–water partition coefficient (Wildman–Crippen LogP) is 1.32. The molecule has 11 heteroatoms. The average Bonchev–Trinajstić information content (AvgIpc) is 3.12. The minimum atomic E-state index is -0.337. The molecule has 166 valence electrons. The van der Waals surface area contributed by atoms with E-state index in [0.717, 1.165) is 12.1 Å². The van der Waals surface area contributed by atoms with Crippen molar-refractivity contribution in [3.63, 3.8) is 0 Å². The van der Waals surface area contributed by atoms with Gasteiger partial charge in [-0.25, -0.2) is 9.78 Å². The fourth-order valence-corrected chi connectivity index (χ4v) is 5.45. The molecule has 1 unspecified atom stereocenters. The number of amides is 2. The van der Waals surface area contributed by atoms with E-state index in [1.54, 1.807) is 40.2 Å². The fraction of sp³-hybridized carbons (Fsp3) is 0.684. The van der Waals surface area contributed by atoms with Crippen LogP contribution in [-0.4, -0.2) is 88.9 Å². The Bertz CT molecular complexity index is 839. The van der Waals surface area contributed by atoms with E-state index in [9.17, 15) is 14.4 Å². The van der Waals surface area contributed by atoms with Crippen LogP contribution in [0, 0.1) is 0 Å². The third-order valence-corrected chi connectivity index (χ3v) is 7.14. The van der Waals surface area contributed by atoms with Crippen molar-refractivity contribution >= 4 is 35.5 Å². The number of nitrogens with zero attached hydrogens (tertiary/aromatic N) is 4. The molecule has 0 saturated carbocycles. The Balaban J connectivity index is 1.63. The Hall–Kier alpha value is -1.72. The van der Waals surface area contributed by atoms with E-state index in [0.29, 0.717) is 61.2 Å². The van der Waals surface area contributed by atoms with Gasteiger partial charge in [-0.15, -0.1) is 11.8 Å². The van der Waals surface area contributed by atoms with Gasteiger partial charge in [0.15, 0.2) is 5.16 Å². The maximum absolute atomic E-state index is 12.9. The van der Waals surface area contributed by atoms with Crippen LogP contribution in [-0.2, 0) is 27.2 Å². The highest BCUT2D eigenvalue weighted by Gasteiger charge is 2.28. The van der Waals surface area contributed by atoms with Crippen LogP contribution in [0.4, 0.5) is 4.79 Å². The molecule has 2 aliphatic heterocycles. The van der Waals surface area contributed by atoms with E-state index in [1.807, 2.05) is 0 Å². The Labute approximate surface area is 184 Å². The topological polar surface area (TPSA) is 94.0 Å². The average molecular weight is 457 g/mol. The number of piperazine rings is 1. The molecule has 1 aromatic heterocycles. The van der Waals surface area contributed by atoms with Gasteiger partial charge in [0.2, 0.25) is 5.91 Å². The third-order valence-electron chi connectivity index (χ3n) is 4.96. The maximum atomic E-state index is 12.9. The Morgan fingerprint density at radius 2 is 1.93 bits per heavy atom. The van der Waals surface area contributed by atoms with Crippen LogP contribution in [0.15, 0.2) is 14.8 Å². The summed E-state index contributed by atoms with van der Waals surface area (Å²) in [6, 6.07) is 0. The number of hydrogen-bond donors (Lipinski definition) is 0. The Morgan fingerprint density at radius 1 is 1.23 bits per heavy atom. The molecule has 9 nitrogen and oxygen atoms in total. The van der Waals surface area contributed by atoms with Crippen LogP contribution in [0.1, 0.15) is 19.5 Å². The van der Waals surface area contributed by atoms with Crippen molar-refractivity contribution in [2.24, 2.45) is 0 Å². The summed E-state index contributed by atoms with van der Waals surface area (Å²) >= 11 is 2.85. The maximum Gasteiger partial charge on any atom is 0.409 e. The van der Waals surface area contributed by atoms with E-state index in [2.05, 4.69) is 6.92 Å². The van der Waals surface area contributed by atoms with Gasteiger partial charge in [0, 0.05) is 45.0 Å². The van der Waals surface area contributed by atoms with Gasteiger partial charge in [0.25, 0.3) is 5.56 Å².